The minimum Gasteiger partial charge on any atom is -0.365 e. The van der Waals surface area contributed by atoms with Crippen molar-refractivity contribution in [1.82, 2.24) is 9.55 Å². The predicted octanol–water partition coefficient (Wildman–Crippen LogP) is 2.45. The smallest absolute Gasteiger partial charge is 0.262 e. The molecular formula is C14H19N3O2S. The van der Waals surface area contributed by atoms with Gasteiger partial charge in [0, 0.05) is 6.54 Å². The van der Waals surface area contributed by atoms with Crippen LogP contribution in [0.2, 0.25) is 0 Å². The summed E-state index contributed by atoms with van der Waals surface area (Å²) in [6, 6.07) is 0. The Morgan fingerprint density at radius 3 is 2.80 bits per heavy atom. The zero-order chi connectivity index (χ0) is 14.7. The lowest BCUT2D eigenvalue weighted by atomic mass is 10.2. The maximum atomic E-state index is 12.4. The molecule has 0 aliphatic heterocycles. The lowest BCUT2D eigenvalue weighted by Gasteiger charge is -2.04. The van der Waals surface area contributed by atoms with Crippen LogP contribution >= 0.6 is 11.3 Å². The van der Waals surface area contributed by atoms with Gasteiger partial charge in [-0.1, -0.05) is 26.2 Å². The molecule has 2 aromatic rings. The second kappa shape index (κ2) is 6.17. The van der Waals surface area contributed by atoms with E-state index in [0.29, 0.717) is 27.2 Å². The van der Waals surface area contributed by atoms with E-state index in [1.165, 1.54) is 17.8 Å². The number of hydrogen-bond acceptors (Lipinski definition) is 4. The third kappa shape index (κ3) is 2.75. The first-order valence-corrected chi connectivity index (χ1v) is 7.66. The summed E-state index contributed by atoms with van der Waals surface area (Å²) in [7, 11) is 0. The summed E-state index contributed by atoms with van der Waals surface area (Å²) in [5, 5.41) is 0.529. The molecule has 2 heterocycles. The molecule has 108 valence electrons. The first-order chi connectivity index (χ1) is 9.56. The zero-order valence-electron chi connectivity index (χ0n) is 11.8. The van der Waals surface area contributed by atoms with Gasteiger partial charge in [-0.2, -0.15) is 0 Å². The highest BCUT2D eigenvalue weighted by molar-refractivity contribution is 7.20. The average Bonchev–Trinajstić information content (AvgIpc) is 2.75. The van der Waals surface area contributed by atoms with Crippen molar-refractivity contribution in [2.24, 2.45) is 5.73 Å². The maximum absolute atomic E-state index is 12.4. The number of carbonyl (C=O) groups excluding carboxylic acids is 1. The molecular weight excluding hydrogens is 274 g/mol. The molecule has 2 aromatic heterocycles. The van der Waals surface area contributed by atoms with E-state index in [9.17, 15) is 9.59 Å². The molecule has 0 aliphatic carbocycles. The number of nitrogens with zero attached hydrogens (tertiary/aromatic N) is 2. The molecule has 20 heavy (non-hydrogen) atoms. The van der Waals surface area contributed by atoms with E-state index in [1.54, 1.807) is 17.8 Å². The van der Waals surface area contributed by atoms with Crippen LogP contribution in [-0.4, -0.2) is 15.5 Å². The van der Waals surface area contributed by atoms with Gasteiger partial charge in [-0.05, 0) is 18.9 Å². The highest BCUT2D eigenvalue weighted by atomic mass is 32.1. The molecule has 6 heteroatoms. The molecule has 2 rings (SSSR count). The van der Waals surface area contributed by atoms with Gasteiger partial charge in [0.15, 0.2) is 0 Å². The van der Waals surface area contributed by atoms with Gasteiger partial charge in [0.2, 0.25) is 0 Å². The Hall–Kier alpha value is -1.69. The van der Waals surface area contributed by atoms with Gasteiger partial charge in [-0.15, -0.1) is 11.3 Å². The molecule has 0 saturated heterocycles. The van der Waals surface area contributed by atoms with Crippen molar-refractivity contribution < 1.29 is 4.79 Å². The van der Waals surface area contributed by atoms with Gasteiger partial charge >= 0.3 is 0 Å². The SMILES string of the molecule is CCCCCCn1cnc2sc(C(N)=O)c(C)c2c1=O. The van der Waals surface area contributed by atoms with E-state index in [1.807, 2.05) is 0 Å². The van der Waals surface area contributed by atoms with E-state index >= 15 is 0 Å². The number of rotatable bonds is 6. The van der Waals surface area contributed by atoms with Crippen LogP contribution in [0.1, 0.15) is 47.8 Å². The lowest BCUT2D eigenvalue weighted by Crippen LogP contribution is -2.20. The number of hydrogen-bond donors (Lipinski definition) is 1. The monoisotopic (exact) mass is 293 g/mol. The predicted molar refractivity (Wildman–Crippen MR) is 81.3 cm³/mol. The minimum absolute atomic E-state index is 0.0762. The molecule has 0 radical (unpaired) electrons. The molecule has 0 saturated carbocycles. The normalized spacial score (nSPS) is 11.1. The molecule has 0 unspecified atom stereocenters. The standard InChI is InChI=1S/C14H19N3O2S/c1-3-4-5-6-7-17-8-16-13-10(14(17)19)9(2)11(20-13)12(15)18/h8H,3-7H2,1-2H3,(H2,15,18). The highest BCUT2D eigenvalue weighted by Gasteiger charge is 2.17. The van der Waals surface area contributed by atoms with Gasteiger partial charge in [0.05, 0.1) is 16.6 Å². The molecule has 1 amide bonds. The number of unbranched alkanes of at least 4 members (excludes halogenated alkanes) is 3. The summed E-state index contributed by atoms with van der Waals surface area (Å²) in [5.41, 5.74) is 5.89. The van der Waals surface area contributed by atoms with E-state index in [0.717, 1.165) is 19.3 Å². The Bertz CT molecular complexity index is 688. The van der Waals surface area contributed by atoms with Crippen molar-refractivity contribution in [3.63, 3.8) is 0 Å². The number of aryl methyl sites for hydroxylation is 2. The topological polar surface area (TPSA) is 78.0 Å². The van der Waals surface area contributed by atoms with Crippen LogP contribution in [0, 0.1) is 6.92 Å². The van der Waals surface area contributed by atoms with Gasteiger partial charge in [0.25, 0.3) is 11.5 Å². The van der Waals surface area contributed by atoms with Crippen LogP contribution in [0.15, 0.2) is 11.1 Å². The third-order valence-corrected chi connectivity index (χ3v) is 4.61. The van der Waals surface area contributed by atoms with Crippen molar-refractivity contribution in [2.75, 3.05) is 0 Å². The summed E-state index contributed by atoms with van der Waals surface area (Å²) >= 11 is 1.19. The molecule has 5 nitrogen and oxygen atoms in total. The fourth-order valence-electron chi connectivity index (χ4n) is 2.26. The quantitative estimate of drug-likeness (QED) is 0.831. The van der Waals surface area contributed by atoms with Crippen molar-refractivity contribution in [3.8, 4) is 0 Å². The number of primary amides is 1. The fraction of sp³-hybridized carbons (Fsp3) is 0.500. The Morgan fingerprint density at radius 2 is 2.15 bits per heavy atom. The van der Waals surface area contributed by atoms with Crippen LogP contribution in [0.3, 0.4) is 0 Å². The number of amides is 1. The van der Waals surface area contributed by atoms with Gasteiger partial charge < -0.3 is 5.73 Å². The maximum Gasteiger partial charge on any atom is 0.262 e. The third-order valence-electron chi connectivity index (χ3n) is 3.39. The Kier molecular flexibility index (Phi) is 4.54. The molecule has 2 N–H and O–H groups in total. The lowest BCUT2D eigenvalue weighted by molar-refractivity contribution is 0.100. The van der Waals surface area contributed by atoms with Gasteiger partial charge in [-0.25, -0.2) is 4.98 Å². The summed E-state index contributed by atoms with van der Waals surface area (Å²) in [4.78, 5) is 29.0. The van der Waals surface area contributed by atoms with E-state index in [4.69, 9.17) is 5.73 Å². The number of nitrogens with two attached hydrogens (primary N) is 1. The van der Waals surface area contributed by atoms with Crippen molar-refractivity contribution in [1.29, 1.82) is 0 Å². The Balaban J connectivity index is 2.35. The Labute approximate surface area is 121 Å². The second-order valence-corrected chi connectivity index (χ2v) is 5.90. The number of carbonyl (C=O) groups is 1. The zero-order valence-corrected chi connectivity index (χ0v) is 12.6. The fourth-order valence-corrected chi connectivity index (χ4v) is 3.25. The summed E-state index contributed by atoms with van der Waals surface area (Å²) in [6.45, 7) is 4.58. The number of aromatic nitrogens is 2. The van der Waals surface area contributed by atoms with Crippen LogP contribution in [-0.2, 0) is 6.54 Å². The summed E-state index contributed by atoms with van der Waals surface area (Å²) < 4.78 is 1.63. The van der Waals surface area contributed by atoms with Crippen LogP contribution in [0.25, 0.3) is 10.2 Å². The highest BCUT2D eigenvalue weighted by Crippen LogP contribution is 2.26. The molecule has 0 bridgehead atoms. The summed E-state index contributed by atoms with van der Waals surface area (Å²) in [5.74, 6) is -0.501. The van der Waals surface area contributed by atoms with Crippen molar-refractivity contribution >= 4 is 27.5 Å². The molecule has 0 fully saturated rings. The average molecular weight is 293 g/mol. The van der Waals surface area contributed by atoms with E-state index < -0.39 is 5.91 Å². The summed E-state index contributed by atoms with van der Waals surface area (Å²) in [6.07, 6.45) is 5.98. The van der Waals surface area contributed by atoms with Crippen molar-refractivity contribution in [2.45, 2.75) is 46.1 Å². The molecule has 0 spiro atoms. The molecule has 0 aliphatic rings. The van der Waals surface area contributed by atoms with E-state index in [-0.39, 0.29) is 5.56 Å². The van der Waals surface area contributed by atoms with Gasteiger partial charge in [0.1, 0.15) is 4.83 Å². The van der Waals surface area contributed by atoms with Gasteiger partial charge in [-0.3, -0.25) is 14.2 Å². The Morgan fingerprint density at radius 1 is 1.40 bits per heavy atom. The largest absolute Gasteiger partial charge is 0.365 e. The van der Waals surface area contributed by atoms with Crippen LogP contribution in [0.4, 0.5) is 0 Å². The molecule has 0 atom stereocenters. The second-order valence-electron chi connectivity index (χ2n) is 4.90. The first-order valence-electron chi connectivity index (χ1n) is 6.84. The van der Waals surface area contributed by atoms with Crippen molar-refractivity contribution in [3.05, 3.63) is 27.1 Å². The van der Waals surface area contributed by atoms with E-state index in [2.05, 4.69) is 11.9 Å². The minimum atomic E-state index is -0.501. The number of thiophene rings is 1. The first kappa shape index (κ1) is 14.7. The van der Waals surface area contributed by atoms with Crippen LogP contribution < -0.4 is 11.3 Å². The van der Waals surface area contributed by atoms with Crippen LogP contribution in [0.5, 0.6) is 0 Å². The number of fused-ring (bicyclic) bond motifs is 1. The molecule has 0 aromatic carbocycles.